The predicted octanol–water partition coefficient (Wildman–Crippen LogP) is 7.78. The van der Waals surface area contributed by atoms with E-state index in [4.69, 9.17) is 0 Å². The number of halogens is 4. The third kappa shape index (κ3) is 6.63. The first kappa shape index (κ1) is 24.4. The van der Waals surface area contributed by atoms with E-state index in [9.17, 15) is 22.1 Å². The molecule has 0 aliphatic heterocycles. The van der Waals surface area contributed by atoms with E-state index in [0.717, 1.165) is 38.9 Å². The lowest BCUT2D eigenvalue weighted by Gasteiger charge is -2.19. The van der Waals surface area contributed by atoms with E-state index >= 15 is 0 Å². The zero-order valence-corrected chi connectivity index (χ0v) is 19.1. The highest BCUT2D eigenvalue weighted by molar-refractivity contribution is 7.18. The molecular formula is C26H22BF4OP. The second kappa shape index (κ2) is 11.1. The highest BCUT2D eigenvalue weighted by atomic mass is 31.0. The summed E-state index contributed by atoms with van der Waals surface area (Å²) >= 11 is 0. The van der Waals surface area contributed by atoms with Crippen LogP contribution in [-0.2, 0) is 0 Å². The molecule has 0 amide bonds. The maximum absolute atomic E-state index is 12.8. The Labute approximate surface area is 192 Å². The molecule has 0 N–H and O–H groups in total. The molecule has 0 radical (unpaired) electrons. The molecule has 0 spiro atoms. The number of hydrogen-bond acceptors (Lipinski definition) is 1. The van der Waals surface area contributed by atoms with Gasteiger partial charge in [-0.3, -0.25) is 4.79 Å². The molecule has 7 heteroatoms. The van der Waals surface area contributed by atoms with E-state index in [2.05, 4.69) is 66.7 Å². The molecule has 0 aromatic heterocycles. The summed E-state index contributed by atoms with van der Waals surface area (Å²) in [7, 11) is -4.29. The third-order valence-corrected chi connectivity index (χ3v) is 5.40. The fourth-order valence-corrected chi connectivity index (χ4v) is 3.91. The van der Waals surface area contributed by atoms with E-state index in [-0.39, 0.29) is 5.78 Å². The average Bonchev–Trinajstić information content (AvgIpc) is 2.83. The summed E-state index contributed by atoms with van der Waals surface area (Å²) in [5, 5.41) is 0. The van der Waals surface area contributed by atoms with Gasteiger partial charge in [0.15, 0.2) is 5.78 Å². The van der Waals surface area contributed by atoms with Crippen LogP contribution in [0.25, 0.3) is 33.4 Å². The van der Waals surface area contributed by atoms with E-state index in [1.54, 1.807) is 9.24 Å². The maximum Gasteiger partial charge on any atom is 0.673 e. The van der Waals surface area contributed by atoms with Crippen LogP contribution in [0.3, 0.4) is 0 Å². The Morgan fingerprint density at radius 3 is 1.42 bits per heavy atom. The van der Waals surface area contributed by atoms with Gasteiger partial charge >= 0.3 is 7.25 Å². The van der Waals surface area contributed by atoms with Crippen molar-refractivity contribution in [3.63, 3.8) is 0 Å². The van der Waals surface area contributed by atoms with Gasteiger partial charge in [-0.15, -0.1) is 0 Å². The van der Waals surface area contributed by atoms with Crippen molar-refractivity contribution in [3.8, 4) is 33.4 Å². The number of ketones is 1. The predicted molar refractivity (Wildman–Crippen MR) is 133 cm³/mol. The molecule has 168 valence electrons. The highest BCUT2D eigenvalue weighted by Gasteiger charge is 2.21. The summed E-state index contributed by atoms with van der Waals surface area (Å²) in [6, 6.07) is 35.1. The first-order valence-electron chi connectivity index (χ1n) is 10.3. The highest BCUT2D eigenvalue weighted by Crippen LogP contribution is 2.42. The lowest BCUT2D eigenvalue weighted by atomic mass is 9.84. The molecule has 1 atom stereocenters. The number of hydrogen-bond donors (Lipinski definition) is 0. The summed E-state index contributed by atoms with van der Waals surface area (Å²) in [4.78, 5) is 12.8. The van der Waals surface area contributed by atoms with E-state index in [1.807, 2.05) is 36.4 Å². The van der Waals surface area contributed by atoms with Crippen molar-refractivity contribution in [1.82, 2.24) is 0 Å². The normalized spacial score (nSPS) is 10.9. The summed E-state index contributed by atoms with van der Waals surface area (Å²) in [5.41, 5.74) is 7.40. The van der Waals surface area contributed by atoms with Gasteiger partial charge in [-0.25, -0.2) is 0 Å². The SMILES string of the molecule is F[B-](F)(F)F.O=C(C[PH3+])c1ccc(-c2ccccc2)c(-c2ccccc2)c1-c1ccccc1. The van der Waals surface area contributed by atoms with Gasteiger partial charge in [-0.2, -0.15) is 0 Å². The molecule has 0 saturated carbocycles. The summed E-state index contributed by atoms with van der Waals surface area (Å²) < 4.78 is 39.0. The standard InChI is InChI=1S/C26H21OP.BF4/c27-24(18-28)23-17-16-22(19-10-4-1-5-11-19)25(20-12-6-2-7-13-20)26(23)21-14-8-3-9-15-21;2-1(3,4)5/h1-17H,18,28H2;/q;-1/p+1. The van der Waals surface area contributed by atoms with Crippen LogP contribution in [0.1, 0.15) is 10.4 Å². The lowest BCUT2D eigenvalue weighted by molar-refractivity contribution is 0.102. The zero-order chi connectivity index (χ0) is 23.8. The molecule has 0 saturated heterocycles. The van der Waals surface area contributed by atoms with Gasteiger partial charge in [-0.05, 0) is 43.1 Å². The van der Waals surface area contributed by atoms with Gasteiger partial charge < -0.3 is 17.3 Å². The maximum atomic E-state index is 12.8. The molecule has 4 aromatic carbocycles. The van der Waals surface area contributed by atoms with Crippen molar-refractivity contribution >= 4 is 22.3 Å². The molecule has 4 rings (SSSR count). The van der Waals surface area contributed by atoms with Crippen LogP contribution in [-0.4, -0.2) is 19.2 Å². The van der Waals surface area contributed by atoms with Crippen molar-refractivity contribution in [1.29, 1.82) is 0 Å². The summed E-state index contributed by atoms with van der Waals surface area (Å²) in [6.45, 7) is 0. The quantitative estimate of drug-likeness (QED) is 0.127. The second-order valence-corrected chi connectivity index (χ2v) is 7.68. The van der Waals surface area contributed by atoms with E-state index in [0.29, 0.717) is 6.16 Å². The lowest BCUT2D eigenvalue weighted by Crippen LogP contribution is -2.05. The van der Waals surface area contributed by atoms with Crippen molar-refractivity contribution in [3.05, 3.63) is 109 Å². The molecule has 33 heavy (non-hydrogen) atoms. The van der Waals surface area contributed by atoms with Gasteiger partial charge in [0.05, 0.1) is 0 Å². The Balaban J connectivity index is 0.000000555. The molecule has 0 bridgehead atoms. The minimum atomic E-state index is -6.00. The Hall–Kier alpha value is -3.24. The molecule has 1 nitrogen and oxygen atoms in total. The molecular weight excluding hydrogens is 446 g/mol. The molecule has 0 fully saturated rings. The summed E-state index contributed by atoms with van der Waals surface area (Å²) in [5.74, 6) is 0.175. The Bertz CT molecular complexity index is 1190. The molecule has 4 aromatic rings. The fourth-order valence-electron chi connectivity index (χ4n) is 3.64. The van der Waals surface area contributed by atoms with E-state index < -0.39 is 7.25 Å². The Morgan fingerprint density at radius 1 is 0.606 bits per heavy atom. The molecule has 0 aliphatic rings. The Morgan fingerprint density at radius 2 is 1.00 bits per heavy atom. The van der Waals surface area contributed by atoms with Crippen molar-refractivity contribution in [2.24, 2.45) is 0 Å². The monoisotopic (exact) mass is 468 g/mol. The number of benzene rings is 4. The van der Waals surface area contributed by atoms with Crippen molar-refractivity contribution in [2.75, 3.05) is 6.16 Å². The van der Waals surface area contributed by atoms with Crippen LogP contribution >= 0.6 is 9.24 Å². The van der Waals surface area contributed by atoms with Gasteiger partial charge in [0.25, 0.3) is 0 Å². The fraction of sp³-hybridized carbons (Fsp3) is 0.0385. The summed E-state index contributed by atoms with van der Waals surface area (Å²) in [6.07, 6.45) is 0.513. The molecule has 1 unspecified atom stereocenters. The van der Waals surface area contributed by atoms with Crippen LogP contribution in [0.2, 0.25) is 0 Å². The zero-order valence-electron chi connectivity index (χ0n) is 17.7. The average molecular weight is 468 g/mol. The number of carbonyl (C=O) groups excluding carboxylic acids is 1. The van der Waals surface area contributed by atoms with E-state index in [1.165, 1.54) is 0 Å². The first-order chi connectivity index (χ1) is 15.8. The minimum Gasteiger partial charge on any atom is -0.418 e. The van der Waals surface area contributed by atoms with Gasteiger partial charge in [-0.1, -0.05) is 97.1 Å². The van der Waals surface area contributed by atoms with Crippen LogP contribution in [0, 0.1) is 0 Å². The van der Waals surface area contributed by atoms with Crippen molar-refractivity contribution in [2.45, 2.75) is 0 Å². The topological polar surface area (TPSA) is 17.1 Å². The van der Waals surface area contributed by atoms with Gasteiger partial charge in [0.1, 0.15) is 6.16 Å². The minimum absolute atomic E-state index is 0.175. The van der Waals surface area contributed by atoms with Crippen molar-refractivity contribution < 1.29 is 22.1 Å². The number of carbonyl (C=O) groups is 1. The smallest absolute Gasteiger partial charge is 0.418 e. The van der Waals surface area contributed by atoms with Crippen LogP contribution < -0.4 is 0 Å². The third-order valence-electron chi connectivity index (χ3n) is 4.94. The molecule has 0 heterocycles. The van der Waals surface area contributed by atoms with Crippen LogP contribution in [0.4, 0.5) is 17.3 Å². The van der Waals surface area contributed by atoms with Crippen LogP contribution in [0.5, 0.6) is 0 Å². The molecule has 0 aliphatic carbocycles. The largest absolute Gasteiger partial charge is 0.673 e. The van der Waals surface area contributed by atoms with Gasteiger partial charge in [0, 0.05) is 11.1 Å². The second-order valence-electron chi connectivity index (χ2n) is 7.18. The van der Waals surface area contributed by atoms with Crippen LogP contribution in [0.15, 0.2) is 103 Å². The number of Topliss-reactive ketones (excluding diaryl/α,β-unsaturated/α-hetero) is 1. The Kier molecular flexibility index (Phi) is 8.18. The number of rotatable bonds is 5. The first-order valence-corrected chi connectivity index (χ1v) is 11.3. The van der Waals surface area contributed by atoms with Gasteiger partial charge in [0.2, 0.25) is 0 Å².